The molecular formula is C29H39NO3. The molecule has 2 aromatic rings. The Kier molecular flexibility index (Phi) is 12.7. The Labute approximate surface area is 199 Å². The van der Waals surface area contributed by atoms with Gasteiger partial charge in [-0.25, -0.2) is 4.79 Å². The molecule has 4 heteroatoms. The third kappa shape index (κ3) is 11.5. The molecule has 0 aliphatic rings. The summed E-state index contributed by atoms with van der Waals surface area (Å²) in [5, 5.41) is 0. The van der Waals surface area contributed by atoms with Crippen LogP contribution in [0.5, 0.6) is 5.75 Å². The van der Waals surface area contributed by atoms with Gasteiger partial charge in [0.25, 0.3) is 0 Å². The zero-order valence-corrected chi connectivity index (χ0v) is 20.5. The van der Waals surface area contributed by atoms with E-state index in [1.807, 2.05) is 54.7 Å². The summed E-state index contributed by atoms with van der Waals surface area (Å²) in [6.07, 6.45) is 13.7. The molecule has 2 rings (SSSR count). The van der Waals surface area contributed by atoms with E-state index in [-0.39, 0.29) is 5.97 Å². The lowest BCUT2D eigenvalue weighted by Crippen LogP contribution is -2.08. The zero-order valence-electron chi connectivity index (χ0n) is 20.5. The Morgan fingerprint density at radius 1 is 0.909 bits per heavy atom. The number of esters is 1. The van der Waals surface area contributed by atoms with E-state index in [9.17, 15) is 4.79 Å². The van der Waals surface area contributed by atoms with Crippen LogP contribution in [0, 0.1) is 5.92 Å². The van der Waals surface area contributed by atoms with Gasteiger partial charge in [0.1, 0.15) is 5.75 Å². The molecular weight excluding hydrogens is 410 g/mol. The highest BCUT2D eigenvalue weighted by molar-refractivity contribution is 5.87. The average Bonchev–Trinajstić information content (AvgIpc) is 2.85. The number of carbonyl (C=O) groups is 1. The van der Waals surface area contributed by atoms with Crippen LogP contribution in [0.15, 0.2) is 59.6 Å². The molecule has 0 fully saturated rings. The summed E-state index contributed by atoms with van der Waals surface area (Å²) in [7, 11) is 0. The molecule has 0 N–H and O–H groups in total. The van der Waals surface area contributed by atoms with Crippen molar-refractivity contribution in [3.8, 4) is 5.75 Å². The summed E-state index contributed by atoms with van der Waals surface area (Å²) in [4.78, 5) is 16.3. The topological polar surface area (TPSA) is 47.9 Å². The van der Waals surface area contributed by atoms with E-state index in [0.717, 1.165) is 42.0 Å². The number of aliphatic imine (C=N–C) groups is 1. The molecule has 1 unspecified atom stereocenters. The van der Waals surface area contributed by atoms with E-state index in [2.05, 4.69) is 25.8 Å². The number of benzene rings is 2. The van der Waals surface area contributed by atoms with Crippen LogP contribution in [0.3, 0.4) is 0 Å². The van der Waals surface area contributed by atoms with Crippen molar-refractivity contribution in [2.24, 2.45) is 10.9 Å². The van der Waals surface area contributed by atoms with Crippen molar-refractivity contribution in [1.82, 2.24) is 0 Å². The smallest absolute Gasteiger partial charge is 0.330 e. The SMILES string of the molecule is CCCCCCCCOc1ccc(C=Nc2ccc(C=CC(=O)OCC(C)CC)cc2)cc1. The maximum absolute atomic E-state index is 11.8. The van der Waals surface area contributed by atoms with Gasteiger partial charge in [-0.1, -0.05) is 71.4 Å². The van der Waals surface area contributed by atoms with E-state index in [1.165, 1.54) is 38.2 Å². The second-order valence-corrected chi connectivity index (χ2v) is 8.51. The highest BCUT2D eigenvalue weighted by Crippen LogP contribution is 2.16. The number of hydrogen-bond acceptors (Lipinski definition) is 4. The molecule has 4 nitrogen and oxygen atoms in total. The van der Waals surface area contributed by atoms with Crippen molar-refractivity contribution in [2.75, 3.05) is 13.2 Å². The molecule has 178 valence electrons. The highest BCUT2D eigenvalue weighted by atomic mass is 16.5. The quantitative estimate of drug-likeness (QED) is 0.121. The predicted molar refractivity (Wildman–Crippen MR) is 138 cm³/mol. The molecule has 0 aliphatic carbocycles. The second-order valence-electron chi connectivity index (χ2n) is 8.51. The van der Waals surface area contributed by atoms with E-state index < -0.39 is 0 Å². The first-order valence-corrected chi connectivity index (χ1v) is 12.3. The minimum Gasteiger partial charge on any atom is -0.494 e. The van der Waals surface area contributed by atoms with Gasteiger partial charge in [0, 0.05) is 12.3 Å². The molecule has 0 saturated heterocycles. The van der Waals surface area contributed by atoms with Crippen molar-refractivity contribution in [3.05, 3.63) is 65.7 Å². The maximum atomic E-state index is 11.8. The van der Waals surface area contributed by atoms with Crippen molar-refractivity contribution >= 4 is 23.9 Å². The molecule has 0 saturated carbocycles. The number of ether oxygens (including phenoxy) is 2. The van der Waals surface area contributed by atoms with Crippen molar-refractivity contribution in [2.45, 2.75) is 65.7 Å². The number of unbranched alkanes of at least 4 members (excludes halogenated alkanes) is 5. The van der Waals surface area contributed by atoms with Crippen molar-refractivity contribution < 1.29 is 14.3 Å². The van der Waals surface area contributed by atoms with Gasteiger partial charge in [-0.15, -0.1) is 0 Å². The van der Waals surface area contributed by atoms with Crippen molar-refractivity contribution in [3.63, 3.8) is 0 Å². The number of hydrogen-bond donors (Lipinski definition) is 0. The van der Waals surface area contributed by atoms with E-state index in [4.69, 9.17) is 9.47 Å². The molecule has 0 amide bonds. The van der Waals surface area contributed by atoms with Gasteiger partial charge >= 0.3 is 5.97 Å². The summed E-state index contributed by atoms with van der Waals surface area (Å²) in [6.45, 7) is 7.62. The van der Waals surface area contributed by atoms with Gasteiger partial charge in [0.05, 0.1) is 18.9 Å². The number of rotatable bonds is 15. The Balaban J connectivity index is 1.74. The van der Waals surface area contributed by atoms with Crippen LogP contribution in [0.25, 0.3) is 6.08 Å². The Morgan fingerprint density at radius 3 is 2.27 bits per heavy atom. The Morgan fingerprint density at radius 2 is 1.58 bits per heavy atom. The van der Waals surface area contributed by atoms with Gasteiger partial charge in [0.2, 0.25) is 0 Å². The normalized spacial score (nSPS) is 12.3. The molecule has 0 bridgehead atoms. The first-order valence-electron chi connectivity index (χ1n) is 12.3. The summed E-state index contributed by atoms with van der Waals surface area (Å²) in [5.41, 5.74) is 2.81. The van der Waals surface area contributed by atoms with Crippen LogP contribution in [-0.4, -0.2) is 25.4 Å². The van der Waals surface area contributed by atoms with E-state index in [1.54, 1.807) is 6.08 Å². The maximum Gasteiger partial charge on any atom is 0.330 e. The summed E-state index contributed by atoms with van der Waals surface area (Å²) in [5.74, 6) is 0.977. The monoisotopic (exact) mass is 449 g/mol. The predicted octanol–water partition coefficient (Wildman–Crippen LogP) is 7.78. The fourth-order valence-electron chi connectivity index (χ4n) is 3.10. The van der Waals surface area contributed by atoms with Gasteiger partial charge in [-0.05, 0) is 65.9 Å². The third-order valence-electron chi connectivity index (χ3n) is 5.52. The lowest BCUT2D eigenvalue weighted by atomic mass is 10.1. The van der Waals surface area contributed by atoms with Gasteiger partial charge in [0.15, 0.2) is 0 Å². The molecule has 0 spiro atoms. The van der Waals surface area contributed by atoms with E-state index in [0.29, 0.717) is 12.5 Å². The largest absolute Gasteiger partial charge is 0.494 e. The standard InChI is InChI=1S/C29H39NO3/c1-4-6-7-8-9-10-21-32-28-18-13-26(14-19-28)22-30-27-16-11-25(12-17-27)15-20-29(31)33-23-24(3)5-2/h11-20,22,24H,4-10,21,23H2,1-3H3. The molecule has 0 radical (unpaired) electrons. The lowest BCUT2D eigenvalue weighted by Gasteiger charge is -2.07. The lowest BCUT2D eigenvalue weighted by molar-refractivity contribution is -0.138. The molecule has 0 aliphatic heterocycles. The molecule has 33 heavy (non-hydrogen) atoms. The average molecular weight is 450 g/mol. The van der Waals surface area contributed by atoms with Crippen LogP contribution < -0.4 is 4.74 Å². The second kappa shape index (κ2) is 15.8. The van der Waals surface area contributed by atoms with Crippen LogP contribution in [0.2, 0.25) is 0 Å². The first kappa shape index (κ1) is 26.4. The van der Waals surface area contributed by atoms with Gasteiger partial charge < -0.3 is 9.47 Å². The van der Waals surface area contributed by atoms with Crippen LogP contribution in [-0.2, 0) is 9.53 Å². The summed E-state index contributed by atoms with van der Waals surface area (Å²) in [6, 6.07) is 15.7. The molecule has 0 heterocycles. The number of nitrogens with zero attached hydrogens (tertiary/aromatic N) is 1. The molecule has 0 aromatic heterocycles. The summed E-state index contributed by atoms with van der Waals surface area (Å²) >= 11 is 0. The molecule has 2 aromatic carbocycles. The third-order valence-corrected chi connectivity index (χ3v) is 5.52. The number of carbonyl (C=O) groups excluding carboxylic acids is 1. The minimum atomic E-state index is -0.309. The highest BCUT2D eigenvalue weighted by Gasteiger charge is 2.02. The zero-order chi connectivity index (χ0) is 23.7. The van der Waals surface area contributed by atoms with Gasteiger partial charge in [-0.2, -0.15) is 0 Å². The first-order chi connectivity index (χ1) is 16.1. The fraction of sp³-hybridized carbons (Fsp3) is 0.448. The minimum absolute atomic E-state index is 0.309. The van der Waals surface area contributed by atoms with Crippen LogP contribution >= 0.6 is 0 Å². The van der Waals surface area contributed by atoms with Crippen LogP contribution in [0.4, 0.5) is 5.69 Å². The van der Waals surface area contributed by atoms with E-state index >= 15 is 0 Å². The molecule has 1 atom stereocenters. The fourth-order valence-corrected chi connectivity index (χ4v) is 3.10. The van der Waals surface area contributed by atoms with Crippen molar-refractivity contribution in [1.29, 1.82) is 0 Å². The summed E-state index contributed by atoms with van der Waals surface area (Å²) < 4.78 is 11.1. The van der Waals surface area contributed by atoms with Crippen LogP contribution in [0.1, 0.15) is 76.8 Å². The van der Waals surface area contributed by atoms with Gasteiger partial charge in [-0.3, -0.25) is 4.99 Å². The Bertz CT molecular complexity index is 853. The Hall–Kier alpha value is -2.88.